The summed E-state index contributed by atoms with van der Waals surface area (Å²) in [5.74, 6) is 6.45. The monoisotopic (exact) mass is 199 g/mol. The van der Waals surface area contributed by atoms with E-state index < -0.39 is 0 Å². The summed E-state index contributed by atoms with van der Waals surface area (Å²) in [6.07, 6.45) is 5.09. The zero-order chi connectivity index (χ0) is 10.5. The molecule has 1 aromatic carbocycles. The average Bonchev–Trinajstić information content (AvgIpc) is 2.25. The van der Waals surface area contributed by atoms with E-state index in [1.807, 2.05) is 0 Å². The first-order valence-electron chi connectivity index (χ1n) is 5.64. The smallest absolute Gasteiger partial charge is 0.0343 e. The van der Waals surface area contributed by atoms with Crippen LogP contribution in [0.25, 0.3) is 0 Å². The Labute approximate surface area is 91.7 Å². The molecule has 0 saturated carbocycles. The van der Waals surface area contributed by atoms with Crippen molar-refractivity contribution in [1.82, 2.24) is 0 Å². The van der Waals surface area contributed by atoms with Crippen LogP contribution >= 0.6 is 0 Å². The number of hydrogen-bond acceptors (Lipinski definition) is 1. The SMILES string of the molecule is NC1CCCC#CCc2ccccc2C1. The molecule has 0 heterocycles. The molecule has 78 valence electrons. The Morgan fingerprint density at radius 3 is 2.80 bits per heavy atom. The first kappa shape index (κ1) is 10.3. The van der Waals surface area contributed by atoms with Crippen LogP contribution in [0.15, 0.2) is 24.3 Å². The van der Waals surface area contributed by atoms with Crippen molar-refractivity contribution in [3.63, 3.8) is 0 Å². The molecule has 2 N–H and O–H groups in total. The van der Waals surface area contributed by atoms with Gasteiger partial charge in [-0.2, -0.15) is 0 Å². The fourth-order valence-electron chi connectivity index (χ4n) is 2.01. The minimum Gasteiger partial charge on any atom is -0.327 e. The van der Waals surface area contributed by atoms with Crippen molar-refractivity contribution in [2.75, 3.05) is 0 Å². The summed E-state index contributed by atoms with van der Waals surface area (Å²) in [6.45, 7) is 0. The van der Waals surface area contributed by atoms with Gasteiger partial charge in [-0.05, 0) is 30.4 Å². The number of fused-ring (bicyclic) bond motifs is 1. The van der Waals surface area contributed by atoms with Gasteiger partial charge >= 0.3 is 0 Å². The van der Waals surface area contributed by atoms with Crippen molar-refractivity contribution < 1.29 is 0 Å². The summed E-state index contributed by atoms with van der Waals surface area (Å²) in [7, 11) is 0. The highest BCUT2D eigenvalue weighted by Gasteiger charge is 2.07. The molecule has 0 saturated heterocycles. The Balaban J connectivity index is 2.26. The second-order valence-corrected chi connectivity index (χ2v) is 4.16. The van der Waals surface area contributed by atoms with Crippen LogP contribution in [0.1, 0.15) is 30.4 Å². The van der Waals surface area contributed by atoms with Crippen LogP contribution in [-0.4, -0.2) is 6.04 Å². The second kappa shape index (κ2) is 5.00. The van der Waals surface area contributed by atoms with E-state index in [0.717, 1.165) is 32.1 Å². The van der Waals surface area contributed by atoms with Crippen LogP contribution in [0.2, 0.25) is 0 Å². The summed E-state index contributed by atoms with van der Waals surface area (Å²) in [5, 5.41) is 0. The molecule has 0 bridgehead atoms. The largest absolute Gasteiger partial charge is 0.327 e. The van der Waals surface area contributed by atoms with Crippen LogP contribution in [-0.2, 0) is 12.8 Å². The van der Waals surface area contributed by atoms with Crippen molar-refractivity contribution in [3.05, 3.63) is 35.4 Å². The standard InChI is InChI=1S/C14H17N/c15-14-10-4-2-1-3-7-12-8-5-6-9-13(12)11-14/h5-6,8-9,14H,2,4,7,10-11,15H2. The van der Waals surface area contributed by atoms with Gasteiger partial charge in [0.15, 0.2) is 0 Å². The summed E-state index contributed by atoms with van der Waals surface area (Å²) in [4.78, 5) is 0. The first-order valence-corrected chi connectivity index (χ1v) is 5.64. The van der Waals surface area contributed by atoms with Gasteiger partial charge in [-0.3, -0.25) is 0 Å². The number of benzene rings is 1. The van der Waals surface area contributed by atoms with Crippen LogP contribution in [0.5, 0.6) is 0 Å². The molecule has 0 fully saturated rings. The summed E-state index contributed by atoms with van der Waals surface area (Å²) >= 11 is 0. The molecular weight excluding hydrogens is 182 g/mol. The van der Waals surface area contributed by atoms with Crippen LogP contribution < -0.4 is 5.73 Å². The van der Waals surface area contributed by atoms with Gasteiger partial charge in [0.05, 0.1) is 0 Å². The zero-order valence-corrected chi connectivity index (χ0v) is 9.00. The van der Waals surface area contributed by atoms with E-state index in [2.05, 4.69) is 36.1 Å². The highest BCUT2D eigenvalue weighted by molar-refractivity contribution is 5.31. The summed E-state index contributed by atoms with van der Waals surface area (Å²) in [6, 6.07) is 8.81. The highest BCUT2D eigenvalue weighted by Crippen LogP contribution is 2.14. The molecule has 1 aliphatic carbocycles. The minimum atomic E-state index is 0.297. The van der Waals surface area contributed by atoms with Gasteiger partial charge < -0.3 is 5.73 Å². The lowest BCUT2D eigenvalue weighted by molar-refractivity contribution is 0.584. The van der Waals surface area contributed by atoms with Crippen molar-refractivity contribution in [3.8, 4) is 11.8 Å². The molecule has 0 spiro atoms. The van der Waals surface area contributed by atoms with Crippen LogP contribution in [0.4, 0.5) is 0 Å². The van der Waals surface area contributed by atoms with Gasteiger partial charge in [0.1, 0.15) is 0 Å². The average molecular weight is 199 g/mol. The van der Waals surface area contributed by atoms with Crippen molar-refractivity contribution in [1.29, 1.82) is 0 Å². The van der Waals surface area contributed by atoms with E-state index in [9.17, 15) is 0 Å². The molecule has 1 aromatic rings. The molecule has 1 unspecified atom stereocenters. The Hall–Kier alpha value is -1.26. The molecule has 1 nitrogen and oxygen atoms in total. The maximum atomic E-state index is 6.09. The molecule has 0 aliphatic heterocycles. The predicted octanol–water partition coefficient (Wildman–Crippen LogP) is 2.29. The van der Waals surface area contributed by atoms with E-state index in [0.29, 0.717) is 6.04 Å². The lowest BCUT2D eigenvalue weighted by Crippen LogP contribution is -2.23. The molecule has 15 heavy (non-hydrogen) atoms. The third-order valence-corrected chi connectivity index (χ3v) is 2.88. The van der Waals surface area contributed by atoms with Gasteiger partial charge in [-0.1, -0.05) is 30.2 Å². The van der Waals surface area contributed by atoms with Gasteiger partial charge in [-0.15, -0.1) is 5.92 Å². The number of hydrogen-bond donors (Lipinski definition) is 1. The third-order valence-electron chi connectivity index (χ3n) is 2.88. The Morgan fingerprint density at radius 1 is 1.13 bits per heavy atom. The number of rotatable bonds is 0. The molecule has 0 aromatic heterocycles. The Bertz CT molecular complexity index is 384. The fourth-order valence-corrected chi connectivity index (χ4v) is 2.01. The summed E-state index contributed by atoms with van der Waals surface area (Å²) in [5.41, 5.74) is 8.82. The molecule has 1 heteroatoms. The molecular formula is C14H17N. The van der Waals surface area contributed by atoms with E-state index in [-0.39, 0.29) is 0 Å². The quantitative estimate of drug-likeness (QED) is 0.637. The second-order valence-electron chi connectivity index (χ2n) is 4.16. The van der Waals surface area contributed by atoms with E-state index in [4.69, 9.17) is 5.73 Å². The normalized spacial score (nSPS) is 21.0. The zero-order valence-electron chi connectivity index (χ0n) is 9.00. The molecule has 0 radical (unpaired) electrons. The Kier molecular flexibility index (Phi) is 3.42. The van der Waals surface area contributed by atoms with Crippen molar-refractivity contribution >= 4 is 0 Å². The maximum absolute atomic E-state index is 6.09. The van der Waals surface area contributed by atoms with Gasteiger partial charge in [-0.25, -0.2) is 0 Å². The lowest BCUT2D eigenvalue weighted by atomic mass is 9.95. The Morgan fingerprint density at radius 2 is 1.93 bits per heavy atom. The first-order chi connectivity index (χ1) is 7.36. The summed E-state index contributed by atoms with van der Waals surface area (Å²) < 4.78 is 0. The fraction of sp³-hybridized carbons (Fsp3) is 0.429. The van der Waals surface area contributed by atoms with E-state index in [1.165, 1.54) is 11.1 Å². The van der Waals surface area contributed by atoms with Crippen LogP contribution in [0, 0.1) is 11.8 Å². The van der Waals surface area contributed by atoms with Crippen molar-refractivity contribution in [2.45, 2.75) is 38.1 Å². The topological polar surface area (TPSA) is 26.0 Å². The molecule has 1 aliphatic rings. The van der Waals surface area contributed by atoms with E-state index in [1.54, 1.807) is 0 Å². The lowest BCUT2D eigenvalue weighted by Gasteiger charge is -2.14. The molecule has 1 atom stereocenters. The number of nitrogens with two attached hydrogens (primary N) is 1. The van der Waals surface area contributed by atoms with Gasteiger partial charge in [0, 0.05) is 18.9 Å². The third kappa shape index (κ3) is 2.84. The van der Waals surface area contributed by atoms with Crippen molar-refractivity contribution in [2.24, 2.45) is 5.73 Å². The minimum absolute atomic E-state index is 0.297. The molecule has 0 amide bonds. The molecule has 2 rings (SSSR count). The van der Waals surface area contributed by atoms with Gasteiger partial charge in [0.25, 0.3) is 0 Å². The predicted molar refractivity (Wildman–Crippen MR) is 63.5 cm³/mol. The maximum Gasteiger partial charge on any atom is 0.0343 e. The van der Waals surface area contributed by atoms with E-state index >= 15 is 0 Å². The highest BCUT2D eigenvalue weighted by atomic mass is 14.6. The van der Waals surface area contributed by atoms with Crippen LogP contribution in [0.3, 0.4) is 0 Å². The van der Waals surface area contributed by atoms with Gasteiger partial charge in [0.2, 0.25) is 0 Å².